The molecule has 0 aliphatic carbocycles. The number of hydrogen-bond acceptors (Lipinski definition) is 2. The molecule has 0 atom stereocenters. The van der Waals surface area contributed by atoms with E-state index in [0.717, 1.165) is 32.6 Å². The summed E-state index contributed by atoms with van der Waals surface area (Å²) in [7, 11) is 3.50. The lowest BCUT2D eigenvalue weighted by molar-refractivity contribution is 0.0249. The van der Waals surface area contributed by atoms with Crippen molar-refractivity contribution in [2.45, 2.75) is 19.8 Å². The van der Waals surface area contributed by atoms with Gasteiger partial charge in [-0.15, -0.1) is 0 Å². The van der Waals surface area contributed by atoms with Crippen LogP contribution in [-0.4, -0.2) is 44.8 Å². The Morgan fingerprint density at radius 1 is 1.43 bits per heavy atom. The Kier molecular flexibility index (Phi) is 3.75. The van der Waals surface area contributed by atoms with Crippen molar-refractivity contribution in [1.82, 2.24) is 10.2 Å². The largest absolute Gasteiger partial charge is 0.381 e. The second-order valence-corrected chi connectivity index (χ2v) is 4.48. The van der Waals surface area contributed by atoms with Crippen molar-refractivity contribution < 1.29 is 9.53 Å². The van der Waals surface area contributed by atoms with Crippen LogP contribution in [0.5, 0.6) is 0 Å². The average molecular weight is 200 g/mol. The van der Waals surface area contributed by atoms with Crippen LogP contribution < -0.4 is 5.32 Å². The Labute approximate surface area is 85.6 Å². The van der Waals surface area contributed by atoms with E-state index >= 15 is 0 Å². The molecule has 0 saturated carbocycles. The fraction of sp³-hybridized carbons (Fsp3) is 0.900. The Morgan fingerprint density at radius 2 is 2.00 bits per heavy atom. The summed E-state index contributed by atoms with van der Waals surface area (Å²) in [5.41, 5.74) is 0.212. The van der Waals surface area contributed by atoms with E-state index < -0.39 is 0 Å². The summed E-state index contributed by atoms with van der Waals surface area (Å²) in [4.78, 5) is 12.9. The molecular formula is C10H20N2O2. The Morgan fingerprint density at radius 3 is 2.50 bits per heavy atom. The summed E-state index contributed by atoms with van der Waals surface area (Å²) in [6.45, 7) is 4.57. The van der Waals surface area contributed by atoms with Gasteiger partial charge in [-0.1, -0.05) is 6.92 Å². The smallest absolute Gasteiger partial charge is 0.316 e. The highest BCUT2D eigenvalue weighted by atomic mass is 16.5. The van der Waals surface area contributed by atoms with Gasteiger partial charge in [-0.05, 0) is 18.3 Å². The average Bonchev–Trinajstić information content (AvgIpc) is 2.15. The molecule has 4 heteroatoms. The SMILES string of the molecule is CN(C)C(=O)NCC1(C)CCOCC1. The van der Waals surface area contributed by atoms with E-state index in [1.807, 2.05) is 0 Å². The first kappa shape index (κ1) is 11.3. The molecule has 0 aromatic carbocycles. The molecule has 0 bridgehead atoms. The van der Waals surface area contributed by atoms with Crippen molar-refractivity contribution >= 4 is 6.03 Å². The van der Waals surface area contributed by atoms with Gasteiger partial charge in [0.25, 0.3) is 0 Å². The maximum absolute atomic E-state index is 11.3. The van der Waals surface area contributed by atoms with Crippen LogP contribution in [-0.2, 0) is 4.74 Å². The van der Waals surface area contributed by atoms with E-state index in [2.05, 4.69) is 12.2 Å². The van der Waals surface area contributed by atoms with Crippen molar-refractivity contribution in [3.63, 3.8) is 0 Å². The molecule has 1 N–H and O–H groups in total. The Hall–Kier alpha value is -0.770. The van der Waals surface area contributed by atoms with Gasteiger partial charge in [0, 0.05) is 33.9 Å². The summed E-state index contributed by atoms with van der Waals surface area (Å²) >= 11 is 0. The van der Waals surface area contributed by atoms with Crippen LogP contribution in [0.25, 0.3) is 0 Å². The molecule has 0 aromatic rings. The predicted molar refractivity (Wildman–Crippen MR) is 55.2 cm³/mol. The van der Waals surface area contributed by atoms with Gasteiger partial charge in [-0.2, -0.15) is 0 Å². The zero-order valence-electron chi connectivity index (χ0n) is 9.30. The topological polar surface area (TPSA) is 41.6 Å². The molecule has 0 unspecified atom stereocenters. The van der Waals surface area contributed by atoms with Crippen LogP contribution in [0.1, 0.15) is 19.8 Å². The second kappa shape index (κ2) is 4.64. The van der Waals surface area contributed by atoms with Crippen LogP contribution in [0.2, 0.25) is 0 Å². The van der Waals surface area contributed by atoms with Crippen molar-refractivity contribution in [3.05, 3.63) is 0 Å². The monoisotopic (exact) mass is 200 g/mol. The van der Waals surface area contributed by atoms with Crippen molar-refractivity contribution in [2.24, 2.45) is 5.41 Å². The molecule has 0 spiro atoms. The van der Waals surface area contributed by atoms with E-state index in [1.54, 1.807) is 19.0 Å². The molecule has 1 saturated heterocycles. The van der Waals surface area contributed by atoms with Gasteiger partial charge >= 0.3 is 6.03 Å². The number of hydrogen-bond donors (Lipinski definition) is 1. The number of carbonyl (C=O) groups excluding carboxylic acids is 1. The number of rotatable bonds is 2. The number of nitrogens with zero attached hydrogens (tertiary/aromatic N) is 1. The van der Waals surface area contributed by atoms with Crippen LogP contribution in [0.3, 0.4) is 0 Å². The highest BCUT2D eigenvalue weighted by Crippen LogP contribution is 2.28. The van der Waals surface area contributed by atoms with E-state index in [4.69, 9.17) is 4.74 Å². The fourth-order valence-electron chi connectivity index (χ4n) is 1.49. The summed E-state index contributed by atoms with van der Waals surface area (Å²) in [6, 6.07) is -0.0160. The lowest BCUT2D eigenvalue weighted by Gasteiger charge is -2.33. The van der Waals surface area contributed by atoms with Crippen LogP contribution in [0.4, 0.5) is 4.79 Å². The van der Waals surface area contributed by atoms with Gasteiger partial charge in [-0.25, -0.2) is 4.79 Å². The third-order valence-corrected chi connectivity index (χ3v) is 2.77. The van der Waals surface area contributed by atoms with E-state index in [0.29, 0.717) is 0 Å². The van der Waals surface area contributed by atoms with Crippen LogP contribution in [0, 0.1) is 5.41 Å². The maximum Gasteiger partial charge on any atom is 0.316 e. The fourth-order valence-corrected chi connectivity index (χ4v) is 1.49. The molecule has 1 heterocycles. The summed E-state index contributed by atoms with van der Waals surface area (Å²) in [6.07, 6.45) is 2.06. The maximum atomic E-state index is 11.3. The second-order valence-electron chi connectivity index (χ2n) is 4.48. The number of urea groups is 1. The van der Waals surface area contributed by atoms with E-state index in [9.17, 15) is 4.79 Å². The first-order valence-electron chi connectivity index (χ1n) is 5.06. The summed E-state index contributed by atoms with van der Waals surface area (Å²) < 4.78 is 5.30. The third kappa shape index (κ3) is 3.18. The van der Waals surface area contributed by atoms with Crippen molar-refractivity contribution in [2.75, 3.05) is 33.9 Å². The predicted octanol–water partition coefficient (Wildman–Crippen LogP) is 1.07. The molecule has 4 nitrogen and oxygen atoms in total. The number of amides is 2. The van der Waals surface area contributed by atoms with Crippen molar-refractivity contribution in [1.29, 1.82) is 0 Å². The Bertz CT molecular complexity index is 198. The van der Waals surface area contributed by atoms with Gasteiger partial charge in [-0.3, -0.25) is 0 Å². The zero-order valence-corrected chi connectivity index (χ0v) is 9.30. The summed E-state index contributed by atoms with van der Waals surface area (Å²) in [5.74, 6) is 0. The minimum Gasteiger partial charge on any atom is -0.381 e. The highest BCUT2D eigenvalue weighted by molar-refractivity contribution is 5.73. The quantitative estimate of drug-likeness (QED) is 0.724. The van der Waals surface area contributed by atoms with Gasteiger partial charge in [0.1, 0.15) is 0 Å². The van der Waals surface area contributed by atoms with Gasteiger partial charge in [0.05, 0.1) is 0 Å². The molecule has 82 valence electrons. The molecule has 1 fully saturated rings. The molecule has 1 aliphatic heterocycles. The molecule has 2 amide bonds. The molecule has 0 radical (unpaired) electrons. The van der Waals surface area contributed by atoms with Gasteiger partial charge in [0.2, 0.25) is 0 Å². The van der Waals surface area contributed by atoms with Crippen LogP contribution in [0.15, 0.2) is 0 Å². The molecule has 1 rings (SSSR count). The lowest BCUT2D eigenvalue weighted by Crippen LogP contribution is -2.43. The number of ether oxygens (including phenoxy) is 1. The van der Waals surface area contributed by atoms with E-state index in [-0.39, 0.29) is 11.4 Å². The Balaban J connectivity index is 2.32. The molecule has 0 aromatic heterocycles. The number of carbonyl (C=O) groups is 1. The van der Waals surface area contributed by atoms with Gasteiger partial charge in [0.15, 0.2) is 0 Å². The minimum absolute atomic E-state index is 0.0160. The lowest BCUT2D eigenvalue weighted by atomic mass is 9.82. The summed E-state index contributed by atoms with van der Waals surface area (Å²) in [5, 5.41) is 2.92. The van der Waals surface area contributed by atoms with E-state index in [1.165, 1.54) is 0 Å². The first-order valence-corrected chi connectivity index (χ1v) is 5.06. The normalized spacial score (nSPS) is 20.2. The standard InChI is InChI=1S/C10H20N2O2/c1-10(4-6-14-7-5-10)8-11-9(13)12(2)3/h4-8H2,1-3H3,(H,11,13). The third-order valence-electron chi connectivity index (χ3n) is 2.77. The van der Waals surface area contributed by atoms with Gasteiger partial charge < -0.3 is 15.0 Å². The minimum atomic E-state index is -0.0160. The number of nitrogens with one attached hydrogen (secondary N) is 1. The molecule has 1 aliphatic rings. The highest BCUT2D eigenvalue weighted by Gasteiger charge is 2.27. The van der Waals surface area contributed by atoms with Crippen LogP contribution >= 0.6 is 0 Å². The molecular weight excluding hydrogens is 180 g/mol. The first-order chi connectivity index (χ1) is 6.53. The zero-order chi connectivity index (χ0) is 10.6. The van der Waals surface area contributed by atoms with Crippen molar-refractivity contribution in [3.8, 4) is 0 Å². The molecule has 14 heavy (non-hydrogen) atoms.